The van der Waals surface area contributed by atoms with Gasteiger partial charge in [0, 0.05) is 17.3 Å². The van der Waals surface area contributed by atoms with E-state index in [9.17, 15) is 4.79 Å². The molecule has 0 bridgehead atoms. The average molecular weight is 390 g/mol. The number of hydrogen-bond donors (Lipinski definition) is 0. The maximum absolute atomic E-state index is 13.1. The Morgan fingerprint density at radius 2 is 1.37 bits per heavy atom. The summed E-state index contributed by atoms with van der Waals surface area (Å²) < 4.78 is 5.89. The van der Waals surface area contributed by atoms with E-state index in [1.807, 2.05) is 91.0 Å². The van der Waals surface area contributed by atoms with Gasteiger partial charge < -0.3 is 4.74 Å². The van der Waals surface area contributed by atoms with Crippen molar-refractivity contribution in [3.63, 3.8) is 0 Å². The van der Waals surface area contributed by atoms with Crippen molar-refractivity contribution in [3.05, 3.63) is 126 Å². The fraction of sp³-hybridized carbons (Fsp3) is 0.0385. The Balaban J connectivity index is 1.53. The molecular formula is C26H18N2O2. The number of benzene rings is 3. The first-order valence-electron chi connectivity index (χ1n) is 9.75. The van der Waals surface area contributed by atoms with Crippen LogP contribution in [0.2, 0.25) is 0 Å². The summed E-state index contributed by atoms with van der Waals surface area (Å²) in [5.41, 5.74) is 3.69. The molecule has 1 atom stereocenters. The highest BCUT2D eigenvalue weighted by molar-refractivity contribution is 6.21. The first-order valence-corrected chi connectivity index (χ1v) is 9.75. The lowest BCUT2D eigenvalue weighted by Crippen LogP contribution is -2.24. The molecule has 1 aliphatic rings. The molecule has 4 nitrogen and oxygen atoms in total. The second kappa shape index (κ2) is 7.76. The van der Waals surface area contributed by atoms with Gasteiger partial charge in [-0.25, -0.2) is 0 Å². The molecule has 4 aromatic rings. The number of carbonyl (C=O) groups is 1. The molecule has 3 aromatic carbocycles. The molecule has 30 heavy (non-hydrogen) atoms. The van der Waals surface area contributed by atoms with Crippen LogP contribution in [0.5, 0.6) is 11.5 Å². The first-order chi connectivity index (χ1) is 14.8. The number of ether oxygens (including phenoxy) is 1. The summed E-state index contributed by atoms with van der Waals surface area (Å²) in [5.74, 6) is 1.48. The molecule has 0 saturated carbocycles. The predicted octanol–water partition coefficient (Wildman–Crippen LogP) is 5.65. The fourth-order valence-corrected chi connectivity index (χ4v) is 3.57. The number of fused-ring (bicyclic) bond motifs is 1. The van der Waals surface area contributed by atoms with Crippen LogP contribution in [0, 0.1) is 0 Å². The lowest BCUT2D eigenvalue weighted by molar-refractivity contribution is 0.0959. The number of rotatable bonds is 4. The third-order valence-electron chi connectivity index (χ3n) is 5.03. The van der Waals surface area contributed by atoms with Crippen molar-refractivity contribution in [2.45, 2.75) is 6.04 Å². The molecule has 0 saturated heterocycles. The molecular weight excluding hydrogens is 372 g/mol. The van der Waals surface area contributed by atoms with E-state index in [2.05, 4.69) is 4.98 Å². The van der Waals surface area contributed by atoms with Crippen molar-refractivity contribution in [2.75, 3.05) is 0 Å². The highest BCUT2D eigenvalue weighted by atomic mass is 16.5. The molecule has 2 heterocycles. The van der Waals surface area contributed by atoms with Gasteiger partial charge in [-0.15, -0.1) is 0 Å². The summed E-state index contributed by atoms with van der Waals surface area (Å²) in [6.07, 6.45) is 1.69. The number of hydrogen-bond acceptors (Lipinski definition) is 4. The molecule has 0 spiro atoms. The molecule has 0 N–H and O–H groups in total. The van der Waals surface area contributed by atoms with Gasteiger partial charge in [0.2, 0.25) is 0 Å². The molecule has 0 aliphatic carbocycles. The minimum atomic E-state index is -0.571. The van der Waals surface area contributed by atoms with Crippen LogP contribution in [-0.4, -0.2) is 16.5 Å². The average Bonchev–Trinajstić information content (AvgIpc) is 2.81. The van der Waals surface area contributed by atoms with Crippen molar-refractivity contribution < 1.29 is 9.53 Å². The summed E-state index contributed by atoms with van der Waals surface area (Å²) in [6.45, 7) is 0. The van der Waals surface area contributed by atoms with Crippen molar-refractivity contribution >= 4 is 11.5 Å². The lowest BCUT2D eigenvalue weighted by Gasteiger charge is -2.22. The van der Waals surface area contributed by atoms with Crippen LogP contribution in [-0.2, 0) is 0 Å². The summed E-state index contributed by atoms with van der Waals surface area (Å²) >= 11 is 0. The number of aliphatic imine (C=N–C) groups is 1. The standard InChI is InChI=1S/C26H18N2O2/c29-26-22-12-7-17-27-25(22)23(28-24(26)18-8-3-1-4-9-18)19-13-15-21(16-14-19)30-20-10-5-2-6-11-20/h1-17,24H. The van der Waals surface area contributed by atoms with E-state index in [0.29, 0.717) is 17.0 Å². The number of pyridine rings is 1. The second-order valence-corrected chi connectivity index (χ2v) is 6.99. The number of Topliss-reactive ketones (excluding diaryl/α,β-unsaturated/α-hetero) is 1. The zero-order chi connectivity index (χ0) is 20.3. The molecule has 0 fully saturated rings. The van der Waals surface area contributed by atoms with Crippen molar-refractivity contribution in [2.24, 2.45) is 4.99 Å². The maximum Gasteiger partial charge on any atom is 0.194 e. The first kappa shape index (κ1) is 18.0. The van der Waals surface area contributed by atoms with Crippen molar-refractivity contribution in [3.8, 4) is 11.5 Å². The van der Waals surface area contributed by atoms with Gasteiger partial charge in [-0.1, -0.05) is 48.5 Å². The van der Waals surface area contributed by atoms with Gasteiger partial charge in [-0.3, -0.25) is 14.8 Å². The molecule has 0 radical (unpaired) electrons. The van der Waals surface area contributed by atoms with Crippen LogP contribution >= 0.6 is 0 Å². The van der Waals surface area contributed by atoms with Crippen LogP contribution < -0.4 is 4.74 Å². The van der Waals surface area contributed by atoms with Gasteiger partial charge in [0.25, 0.3) is 0 Å². The number of ketones is 1. The quantitative estimate of drug-likeness (QED) is 0.452. The largest absolute Gasteiger partial charge is 0.457 e. The highest BCUT2D eigenvalue weighted by Crippen LogP contribution is 2.31. The van der Waals surface area contributed by atoms with Crippen LogP contribution in [0.3, 0.4) is 0 Å². The zero-order valence-corrected chi connectivity index (χ0v) is 16.1. The highest BCUT2D eigenvalue weighted by Gasteiger charge is 2.31. The molecule has 4 heteroatoms. The third-order valence-corrected chi connectivity index (χ3v) is 5.03. The van der Waals surface area contributed by atoms with Gasteiger partial charge in [0.1, 0.15) is 17.5 Å². The van der Waals surface area contributed by atoms with Crippen molar-refractivity contribution in [1.82, 2.24) is 4.98 Å². The van der Waals surface area contributed by atoms with Gasteiger partial charge in [-0.05, 0) is 54.1 Å². The van der Waals surface area contributed by atoms with Crippen LogP contribution in [0.4, 0.5) is 0 Å². The van der Waals surface area contributed by atoms with Crippen LogP contribution in [0.1, 0.15) is 33.2 Å². The normalized spacial score (nSPS) is 15.3. The summed E-state index contributed by atoms with van der Waals surface area (Å²) in [7, 11) is 0. The summed E-state index contributed by atoms with van der Waals surface area (Å²) in [5, 5.41) is 0. The molecule has 0 amide bonds. The molecule has 1 unspecified atom stereocenters. The zero-order valence-electron chi connectivity index (χ0n) is 16.1. The Bertz CT molecular complexity index is 1220. The van der Waals surface area contributed by atoms with Gasteiger partial charge in [0.15, 0.2) is 5.78 Å². The Labute approximate surface area is 174 Å². The Morgan fingerprint density at radius 3 is 2.10 bits per heavy atom. The molecule has 144 valence electrons. The Kier molecular flexibility index (Phi) is 4.66. The molecule has 5 rings (SSSR count). The number of nitrogens with zero attached hydrogens (tertiary/aromatic N) is 2. The second-order valence-electron chi connectivity index (χ2n) is 6.99. The van der Waals surface area contributed by atoms with Gasteiger partial charge in [0.05, 0.1) is 11.4 Å². The summed E-state index contributed by atoms with van der Waals surface area (Å²) in [4.78, 5) is 22.4. The topological polar surface area (TPSA) is 51.5 Å². The monoisotopic (exact) mass is 390 g/mol. The summed E-state index contributed by atoms with van der Waals surface area (Å²) in [6, 6.07) is 30.0. The Hall–Kier alpha value is -4.05. The smallest absolute Gasteiger partial charge is 0.194 e. The van der Waals surface area contributed by atoms with E-state index in [4.69, 9.17) is 9.73 Å². The number of carbonyl (C=O) groups excluding carboxylic acids is 1. The minimum Gasteiger partial charge on any atom is -0.457 e. The SMILES string of the molecule is O=C1c2cccnc2C(c2ccc(Oc3ccccc3)cc2)=NC1c1ccccc1. The Morgan fingerprint density at radius 1 is 0.700 bits per heavy atom. The van der Waals surface area contributed by atoms with E-state index in [1.165, 1.54) is 0 Å². The maximum atomic E-state index is 13.1. The van der Waals surface area contributed by atoms with E-state index in [1.54, 1.807) is 12.3 Å². The fourth-order valence-electron chi connectivity index (χ4n) is 3.57. The van der Waals surface area contributed by atoms with Crippen molar-refractivity contribution in [1.29, 1.82) is 0 Å². The van der Waals surface area contributed by atoms with Crippen LogP contribution in [0.15, 0.2) is 108 Å². The van der Waals surface area contributed by atoms with E-state index in [0.717, 1.165) is 22.6 Å². The van der Waals surface area contributed by atoms with Crippen LogP contribution in [0.25, 0.3) is 0 Å². The predicted molar refractivity (Wildman–Crippen MR) is 116 cm³/mol. The van der Waals surface area contributed by atoms with E-state index in [-0.39, 0.29) is 5.78 Å². The lowest BCUT2D eigenvalue weighted by atomic mass is 9.90. The number of para-hydroxylation sites is 1. The molecule has 1 aliphatic heterocycles. The van der Waals surface area contributed by atoms with E-state index >= 15 is 0 Å². The third kappa shape index (κ3) is 3.40. The van der Waals surface area contributed by atoms with E-state index < -0.39 is 6.04 Å². The number of aromatic nitrogens is 1. The minimum absolute atomic E-state index is 0.0305. The van der Waals surface area contributed by atoms with Gasteiger partial charge in [-0.2, -0.15) is 0 Å². The molecule has 1 aromatic heterocycles. The van der Waals surface area contributed by atoms with Gasteiger partial charge >= 0.3 is 0 Å².